The Balaban J connectivity index is 2.18. The maximum Gasteiger partial charge on any atom is 0.173 e. The smallest absolute Gasteiger partial charge is 0.173 e. The minimum absolute atomic E-state index is 0.128. The molecule has 0 aliphatic rings. The third kappa shape index (κ3) is 3.78. The first-order valence-electron chi connectivity index (χ1n) is 8.58. The Kier molecular flexibility index (Phi) is 6.07. The highest BCUT2D eigenvalue weighted by molar-refractivity contribution is 8.00. The lowest BCUT2D eigenvalue weighted by atomic mass is 10.1. The number of rotatable bonds is 7. The molecule has 0 saturated carbocycles. The van der Waals surface area contributed by atoms with Gasteiger partial charge >= 0.3 is 0 Å². The van der Waals surface area contributed by atoms with Crippen LogP contribution in [-0.4, -0.2) is 31.2 Å². The van der Waals surface area contributed by atoms with E-state index >= 15 is 0 Å². The number of hydrogen-bond acceptors (Lipinski definition) is 7. The predicted molar refractivity (Wildman–Crippen MR) is 116 cm³/mol. The molecule has 3 aromatic rings. The molecule has 28 heavy (non-hydrogen) atoms. The van der Waals surface area contributed by atoms with Gasteiger partial charge in [0.05, 0.1) is 24.8 Å². The van der Waals surface area contributed by atoms with E-state index in [2.05, 4.69) is 0 Å². The van der Waals surface area contributed by atoms with E-state index in [0.717, 1.165) is 33.2 Å². The quantitative estimate of drug-likeness (QED) is 0.572. The van der Waals surface area contributed by atoms with Gasteiger partial charge in [-0.25, -0.2) is 4.98 Å². The average molecular weight is 415 g/mol. The van der Waals surface area contributed by atoms with Gasteiger partial charge in [0.1, 0.15) is 16.5 Å². The molecule has 0 aliphatic carbocycles. The molecule has 2 N–H and O–H groups in total. The number of thiazole rings is 1. The van der Waals surface area contributed by atoms with Crippen LogP contribution in [0.15, 0.2) is 48.5 Å². The Morgan fingerprint density at radius 3 is 1.93 bits per heavy atom. The number of ketones is 1. The van der Waals surface area contributed by atoms with Crippen LogP contribution in [0.2, 0.25) is 0 Å². The number of nitrogens with two attached hydrogens (primary N) is 1. The molecule has 1 unspecified atom stereocenters. The Labute approximate surface area is 172 Å². The van der Waals surface area contributed by atoms with Gasteiger partial charge in [0.15, 0.2) is 10.7 Å². The molecule has 0 bridgehead atoms. The molecule has 0 saturated heterocycles. The van der Waals surface area contributed by atoms with E-state index < -0.39 is 4.87 Å². The van der Waals surface area contributed by atoms with Crippen LogP contribution in [0.25, 0.3) is 21.7 Å². The highest BCUT2D eigenvalue weighted by atomic mass is 32.2. The van der Waals surface area contributed by atoms with E-state index in [-0.39, 0.29) is 5.78 Å². The van der Waals surface area contributed by atoms with Gasteiger partial charge in [-0.1, -0.05) is 0 Å². The van der Waals surface area contributed by atoms with Crippen LogP contribution in [-0.2, 0) is 9.67 Å². The van der Waals surface area contributed by atoms with E-state index in [1.165, 1.54) is 30.0 Å². The number of benzene rings is 2. The minimum Gasteiger partial charge on any atom is -0.497 e. The largest absolute Gasteiger partial charge is 0.497 e. The number of carbonyl (C=O) groups excluding carboxylic acids is 1. The van der Waals surface area contributed by atoms with Crippen LogP contribution in [0.4, 0.5) is 0 Å². The van der Waals surface area contributed by atoms with E-state index in [0.29, 0.717) is 5.01 Å². The summed E-state index contributed by atoms with van der Waals surface area (Å²) in [7, 11) is 3.27. The summed E-state index contributed by atoms with van der Waals surface area (Å²) >= 11 is 2.74. The third-order valence-electron chi connectivity index (χ3n) is 4.51. The summed E-state index contributed by atoms with van der Waals surface area (Å²) < 4.78 is 10.5. The van der Waals surface area contributed by atoms with Crippen LogP contribution >= 0.6 is 23.1 Å². The van der Waals surface area contributed by atoms with Crippen molar-refractivity contribution in [2.24, 2.45) is 5.73 Å². The molecule has 0 spiro atoms. The van der Waals surface area contributed by atoms with Gasteiger partial charge in [-0.2, -0.15) is 0 Å². The predicted octanol–water partition coefficient (Wildman–Crippen LogP) is 4.56. The lowest BCUT2D eigenvalue weighted by Crippen LogP contribution is -2.39. The Morgan fingerprint density at radius 2 is 1.50 bits per heavy atom. The number of Topliss-reactive ketones (excluding diaryl/α,β-unsaturated/α-hetero) is 1. The summed E-state index contributed by atoms with van der Waals surface area (Å²) in [5.41, 5.74) is 9.12. The number of ether oxygens (including phenoxy) is 2. The van der Waals surface area contributed by atoms with Crippen LogP contribution in [0.3, 0.4) is 0 Å². The Morgan fingerprint density at radius 1 is 1.00 bits per heavy atom. The number of carbonyl (C=O) groups is 1. The fraction of sp³-hybridized carbons (Fsp3) is 0.238. The SMILES string of the molecule is COc1ccc(-c2nc(C(N)(SC)C(C)=O)sc2-c2ccc(OC)cc2)cc1. The van der Waals surface area contributed by atoms with Gasteiger partial charge in [-0.15, -0.1) is 23.1 Å². The minimum atomic E-state index is -1.17. The van der Waals surface area contributed by atoms with Crippen molar-refractivity contribution in [2.45, 2.75) is 11.8 Å². The molecule has 0 amide bonds. The second kappa shape index (κ2) is 8.34. The van der Waals surface area contributed by atoms with Crippen LogP contribution < -0.4 is 15.2 Å². The van der Waals surface area contributed by atoms with Crippen molar-refractivity contribution in [1.29, 1.82) is 0 Å². The molecule has 7 heteroatoms. The van der Waals surface area contributed by atoms with Gasteiger partial charge in [0, 0.05) is 5.56 Å². The molecule has 1 atom stereocenters. The summed E-state index contributed by atoms with van der Waals surface area (Å²) in [5, 5.41) is 0.587. The molecule has 1 aromatic heterocycles. The highest BCUT2D eigenvalue weighted by Crippen LogP contribution is 2.43. The fourth-order valence-electron chi connectivity index (χ4n) is 2.74. The van der Waals surface area contributed by atoms with Crippen molar-refractivity contribution < 1.29 is 14.3 Å². The van der Waals surface area contributed by atoms with Crippen LogP contribution in [0.1, 0.15) is 11.9 Å². The topological polar surface area (TPSA) is 74.4 Å². The molecule has 5 nitrogen and oxygen atoms in total. The molecular weight excluding hydrogens is 392 g/mol. The molecule has 0 aliphatic heterocycles. The molecule has 0 fully saturated rings. The first-order chi connectivity index (χ1) is 13.4. The van der Waals surface area contributed by atoms with Gasteiger partial charge in [-0.3, -0.25) is 4.79 Å². The highest BCUT2D eigenvalue weighted by Gasteiger charge is 2.36. The molecule has 3 rings (SSSR count). The zero-order chi connectivity index (χ0) is 20.3. The Bertz CT molecular complexity index is 903. The van der Waals surface area contributed by atoms with Crippen molar-refractivity contribution in [1.82, 2.24) is 4.98 Å². The fourth-order valence-corrected chi connectivity index (χ4v) is 4.77. The summed E-state index contributed by atoms with van der Waals surface area (Å²) in [5.74, 6) is 1.42. The zero-order valence-corrected chi connectivity index (χ0v) is 17.8. The van der Waals surface area contributed by atoms with Crippen LogP contribution in [0, 0.1) is 0 Å². The average Bonchev–Trinajstić information content (AvgIpc) is 3.19. The van der Waals surface area contributed by atoms with E-state index in [1.54, 1.807) is 14.2 Å². The van der Waals surface area contributed by atoms with Crippen molar-refractivity contribution in [3.8, 4) is 33.2 Å². The summed E-state index contributed by atoms with van der Waals surface area (Å²) in [4.78, 5) is 16.8. The summed E-state index contributed by atoms with van der Waals surface area (Å²) in [6.45, 7) is 1.50. The lowest BCUT2D eigenvalue weighted by molar-refractivity contribution is -0.119. The van der Waals surface area contributed by atoms with E-state index in [1.807, 2.05) is 54.8 Å². The van der Waals surface area contributed by atoms with E-state index in [9.17, 15) is 4.79 Å². The number of aromatic nitrogens is 1. The van der Waals surface area contributed by atoms with Crippen molar-refractivity contribution in [2.75, 3.05) is 20.5 Å². The van der Waals surface area contributed by atoms with Gasteiger partial charge < -0.3 is 15.2 Å². The second-order valence-electron chi connectivity index (χ2n) is 6.15. The van der Waals surface area contributed by atoms with Crippen molar-refractivity contribution in [3.05, 3.63) is 53.5 Å². The number of hydrogen-bond donors (Lipinski definition) is 1. The van der Waals surface area contributed by atoms with Crippen LogP contribution in [0.5, 0.6) is 11.5 Å². The third-order valence-corrected chi connectivity index (χ3v) is 7.00. The first kappa shape index (κ1) is 20.4. The molecule has 1 heterocycles. The molecule has 146 valence electrons. The molecule has 2 aromatic carbocycles. The van der Waals surface area contributed by atoms with Crippen molar-refractivity contribution in [3.63, 3.8) is 0 Å². The molecule has 0 radical (unpaired) electrons. The van der Waals surface area contributed by atoms with E-state index in [4.69, 9.17) is 20.2 Å². The zero-order valence-electron chi connectivity index (χ0n) is 16.2. The van der Waals surface area contributed by atoms with Gasteiger partial charge in [-0.05, 0) is 67.3 Å². The number of thioether (sulfide) groups is 1. The normalized spacial score (nSPS) is 13.0. The second-order valence-corrected chi connectivity index (χ2v) is 8.20. The Hall–Kier alpha value is -2.35. The monoisotopic (exact) mass is 414 g/mol. The standard InChI is InChI=1S/C21H22N2O3S2/c1-13(24)21(22,27-4)20-23-18(14-5-9-16(25-2)10-6-14)19(28-20)15-7-11-17(26-3)12-8-15/h5-12H,22H2,1-4H3. The first-order valence-corrected chi connectivity index (χ1v) is 10.6. The lowest BCUT2D eigenvalue weighted by Gasteiger charge is -2.21. The van der Waals surface area contributed by atoms with Gasteiger partial charge in [0.25, 0.3) is 0 Å². The summed E-state index contributed by atoms with van der Waals surface area (Å²) in [6.07, 6.45) is 1.82. The van der Waals surface area contributed by atoms with Crippen molar-refractivity contribution >= 4 is 28.9 Å². The van der Waals surface area contributed by atoms with Gasteiger partial charge in [0.2, 0.25) is 0 Å². The number of methoxy groups -OCH3 is 2. The maximum atomic E-state index is 12.2. The summed E-state index contributed by atoms with van der Waals surface area (Å²) in [6, 6.07) is 15.5. The molecular formula is C21H22N2O3S2. The number of nitrogens with zero attached hydrogens (tertiary/aromatic N) is 1. The maximum absolute atomic E-state index is 12.2.